The van der Waals surface area contributed by atoms with Crippen LogP contribution >= 0.6 is 0 Å². The fourth-order valence-corrected chi connectivity index (χ4v) is 1.96. The van der Waals surface area contributed by atoms with Crippen LogP contribution in [0.5, 0.6) is 0 Å². The molecule has 0 spiro atoms. The van der Waals surface area contributed by atoms with E-state index >= 15 is 0 Å². The number of carbonyl (C=O) groups excluding carboxylic acids is 1. The summed E-state index contributed by atoms with van der Waals surface area (Å²) in [6, 6.07) is 6.29. The third kappa shape index (κ3) is 3.37. The first-order chi connectivity index (χ1) is 9.88. The van der Waals surface area contributed by atoms with Crippen LogP contribution in [0.2, 0.25) is 0 Å². The molecule has 0 amide bonds. The van der Waals surface area contributed by atoms with E-state index in [9.17, 15) is 13.6 Å². The summed E-state index contributed by atoms with van der Waals surface area (Å²) >= 11 is 0. The van der Waals surface area contributed by atoms with Crippen molar-refractivity contribution in [3.63, 3.8) is 0 Å². The lowest BCUT2D eigenvalue weighted by molar-refractivity contribution is 0.0467. The Kier molecular flexibility index (Phi) is 4.21. The number of hydrogen-bond donors (Lipinski definition) is 1. The molecule has 2 N–H and O–H groups in total. The van der Waals surface area contributed by atoms with E-state index in [0.717, 1.165) is 23.8 Å². The van der Waals surface area contributed by atoms with Gasteiger partial charge >= 0.3 is 5.97 Å². The number of halogens is 2. The van der Waals surface area contributed by atoms with Gasteiger partial charge < -0.3 is 10.5 Å². The fourth-order valence-electron chi connectivity index (χ4n) is 1.96. The van der Waals surface area contributed by atoms with Gasteiger partial charge in [0.25, 0.3) is 0 Å². The third-order valence-corrected chi connectivity index (χ3v) is 3.20. The normalized spacial score (nSPS) is 10.5. The molecule has 0 aliphatic carbocycles. The van der Waals surface area contributed by atoms with E-state index in [1.54, 1.807) is 13.0 Å². The van der Waals surface area contributed by atoms with E-state index in [1.165, 1.54) is 6.07 Å². The summed E-state index contributed by atoms with van der Waals surface area (Å²) < 4.78 is 31.5. The molecule has 0 bridgehead atoms. The zero-order chi connectivity index (χ0) is 15.6. The molecule has 0 aromatic heterocycles. The van der Waals surface area contributed by atoms with E-state index in [2.05, 4.69) is 0 Å². The first kappa shape index (κ1) is 15.0. The second kappa shape index (κ2) is 5.91. The van der Waals surface area contributed by atoms with Crippen LogP contribution in [-0.2, 0) is 11.3 Å². The van der Waals surface area contributed by atoms with Crippen molar-refractivity contribution in [2.45, 2.75) is 20.5 Å². The van der Waals surface area contributed by atoms with E-state index in [4.69, 9.17) is 10.5 Å². The molecule has 0 unspecified atom stereocenters. The monoisotopic (exact) mass is 291 g/mol. The van der Waals surface area contributed by atoms with E-state index in [1.807, 2.05) is 6.92 Å². The molecule has 2 rings (SSSR count). The zero-order valence-corrected chi connectivity index (χ0v) is 11.7. The summed E-state index contributed by atoms with van der Waals surface area (Å²) in [6.07, 6.45) is 0. The molecule has 3 nitrogen and oxygen atoms in total. The maximum absolute atomic E-state index is 13.4. The minimum atomic E-state index is -0.622. The van der Waals surface area contributed by atoms with Crippen LogP contribution in [0.25, 0.3) is 0 Å². The van der Waals surface area contributed by atoms with Gasteiger partial charge in [-0.2, -0.15) is 0 Å². The van der Waals surface area contributed by atoms with Crippen molar-refractivity contribution < 1.29 is 18.3 Å². The molecular formula is C16H15F2NO2. The predicted molar refractivity (Wildman–Crippen MR) is 75.8 cm³/mol. The first-order valence-corrected chi connectivity index (χ1v) is 6.36. The van der Waals surface area contributed by atoms with E-state index in [-0.39, 0.29) is 12.2 Å². The van der Waals surface area contributed by atoms with Crippen LogP contribution in [0.15, 0.2) is 30.3 Å². The van der Waals surface area contributed by atoms with Crippen LogP contribution in [0.1, 0.15) is 27.0 Å². The van der Waals surface area contributed by atoms with Gasteiger partial charge in [0, 0.05) is 11.3 Å². The van der Waals surface area contributed by atoms with Crippen molar-refractivity contribution in [3.05, 3.63) is 64.2 Å². The quantitative estimate of drug-likeness (QED) is 0.695. The highest BCUT2D eigenvalue weighted by Gasteiger charge is 2.14. The summed E-state index contributed by atoms with van der Waals surface area (Å²) in [4.78, 5) is 12.0. The van der Waals surface area contributed by atoms with Crippen molar-refractivity contribution in [2.24, 2.45) is 0 Å². The van der Waals surface area contributed by atoms with Crippen molar-refractivity contribution in [3.8, 4) is 0 Å². The Morgan fingerprint density at radius 2 is 1.86 bits per heavy atom. The molecule has 0 radical (unpaired) electrons. The second-order valence-corrected chi connectivity index (χ2v) is 4.84. The summed E-state index contributed by atoms with van der Waals surface area (Å²) in [6.45, 7) is 3.25. The lowest BCUT2D eigenvalue weighted by atomic mass is 10.0. The number of nitrogens with two attached hydrogens (primary N) is 1. The Bertz CT molecular complexity index is 699. The first-order valence-electron chi connectivity index (χ1n) is 6.36. The second-order valence-electron chi connectivity index (χ2n) is 4.84. The molecule has 0 atom stereocenters. The highest BCUT2D eigenvalue weighted by atomic mass is 19.1. The molecule has 2 aromatic rings. The predicted octanol–water partition coefficient (Wildman–Crippen LogP) is 3.52. The molecule has 21 heavy (non-hydrogen) atoms. The van der Waals surface area contributed by atoms with Gasteiger partial charge in [-0.1, -0.05) is 6.07 Å². The Morgan fingerprint density at radius 3 is 2.57 bits per heavy atom. The molecular weight excluding hydrogens is 276 g/mol. The molecule has 0 saturated carbocycles. The summed E-state index contributed by atoms with van der Waals surface area (Å²) in [5.74, 6) is -1.83. The van der Waals surface area contributed by atoms with Crippen LogP contribution in [0.3, 0.4) is 0 Å². The number of hydrogen-bond acceptors (Lipinski definition) is 3. The molecule has 5 heteroatoms. The van der Waals surface area contributed by atoms with Gasteiger partial charge in [-0.15, -0.1) is 0 Å². The highest BCUT2D eigenvalue weighted by Crippen LogP contribution is 2.19. The summed E-state index contributed by atoms with van der Waals surface area (Å²) in [7, 11) is 0. The van der Waals surface area contributed by atoms with Gasteiger partial charge in [0.1, 0.15) is 18.2 Å². The maximum Gasteiger partial charge on any atom is 0.338 e. The summed E-state index contributed by atoms with van der Waals surface area (Å²) in [5.41, 5.74) is 8.12. The molecule has 0 aliphatic rings. The van der Waals surface area contributed by atoms with Gasteiger partial charge in [-0.05, 0) is 49.2 Å². The lowest BCUT2D eigenvalue weighted by Gasteiger charge is -2.10. The van der Waals surface area contributed by atoms with E-state index < -0.39 is 17.6 Å². The molecule has 2 aromatic carbocycles. The number of esters is 1. The molecule has 0 saturated heterocycles. The topological polar surface area (TPSA) is 52.3 Å². The molecule has 110 valence electrons. The number of ether oxygens (including phenoxy) is 1. The largest absolute Gasteiger partial charge is 0.457 e. The number of anilines is 1. The van der Waals surface area contributed by atoms with Crippen molar-refractivity contribution in [1.82, 2.24) is 0 Å². The Hall–Kier alpha value is -2.43. The number of aryl methyl sites for hydroxylation is 2. The SMILES string of the molecule is Cc1cc(C)c(C(=O)OCc2cc(F)ccc2F)cc1N. The number of nitrogen functional groups attached to an aromatic ring is 1. The van der Waals surface area contributed by atoms with Gasteiger partial charge in [-0.25, -0.2) is 13.6 Å². The minimum absolute atomic E-state index is 0.0129. The van der Waals surface area contributed by atoms with Crippen LogP contribution < -0.4 is 5.73 Å². The van der Waals surface area contributed by atoms with Gasteiger partial charge in [0.05, 0.1) is 5.56 Å². The zero-order valence-electron chi connectivity index (χ0n) is 11.7. The molecule has 0 heterocycles. The van der Waals surface area contributed by atoms with Crippen LogP contribution in [-0.4, -0.2) is 5.97 Å². The molecule has 0 aliphatic heterocycles. The van der Waals surface area contributed by atoms with Gasteiger partial charge in [-0.3, -0.25) is 0 Å². The van der Waals surface area contributed by atoms with Crippen molar-refractivity contribution >= 4 is 11.7 Å². The smallest absolute Gasteiger partial charge is 0.338 e. The summed E-state index contributed by atoms with van der Waals surface area (Å²) in [5, 5.41) is 0. The minimum Gasteiger partial charge on any atom is -0.457 e. The Labute approximate surface area is 121 Å². The van der Waals surface area contributed by atoms with Crippen LogP contribution in [0.4, 0.5) is 14.5 Å². The number of carbonyl (C=O) groups is 1. The molecule has 0 fully saturated rings. The maximum atomic E-state index is 13.4. The standard InChI is InChI=1S/C16H15F2NO2/c1-9-5-10(2)15(19)7-13(9)16(20)21-8-11-6-12(17)3-4-14(11)18/h3-7H,8,19H2,1-2H3. The lowest BCUT2D eigenvalue weighted by Crippen LogP contribution is -2.09. The van der Waals surface area contributed by atoms with Crippen LogP contribution in [0, 0.1) is 25.5 Å². The van der Waals surface area contributed by atoms with Crippen molar-refractivity contribution in [1.29, 1.82) is 0 Å². The van der Waals surface area contributed by atoms with Gasteiger partial charge in [0.15, 0.2) is 0 Å². The van der Waals surface area contributed by atoms with Gasteiger partial charge in [0.2, 0.25) is 0 Å². The Morgan fingerprint density at radius 1 is 1.14 bits per heavy atom. The number of rotatable bonds is 3. The third-order valence-electron chi connectivity index (χ3n) is 3.20. The number of benzene rings is 2. The highest BCUT2D eigenvalue weighted by molar-refractivity contribution is 5.92. The average Bonchev–Trinajstić information content (AvgIpc) is 2.43. The van der Waals surface area contributed by atoms with Crippen molar-refractivity contribution in [2.75, 3.05) is 5.73 Å². The fraction of sp³-hybridized carbons (Fsp3) is 0.188. The average molecular weight is 291 g/mol. The van der Waals surface area contributed by atoms with E-state index in [0.29, 0.717) is 16.8 Å². The Balaban J connectivity index is 2.15.